The first-order valence-corrected chi connectivity index (χ1v) is 7.27. The van der Waals surface area contributed by atoms with Gasteiger partial charge >= 0.3 is 5.97 Å². The Labute approximate surface area is 138 Å². The van der Waals surface area contributed by atoms with Crippen LogP contribution in [-0.2, 0) is 4.74 Å². The molecule has 1 aromatic heterocycles. The van der Waals surface area contributed by atoms with Crippen LogP contribution in [-0.4, -0.2) is 28.2 Å². The number of benzene rings is 2. The maximum Gasteiger partial charge on any atom is 0.338 e. The van der Waals surface area contributed by atoms with Gasteiger partial charge in [0.05, 0.1) is 12.7 Å². The SMILES string of the molecule is COC(=O)c1cc(O)cc(Oc2ccc(-c3ncc(C)[nH]3)cc2)c1. The van der Waals surface area contributed by atoms with Gasteiger partial charge in [0.1, 0.15) is 23.1 Å². The van der Waals surface area contributed by atoms with Crippen LogP contribution in [0.4, 0.5) is 0 Å². The number of phenolic OH excluding ortho intramolecular Hbond substituents is 1. The van der Waals surface area contributed by atoms with Crippen LogP contribution >= 0.6 is 0 Å². The minimum absolute atomic E-state index is 0.0735. The lowest BCUT2D eigenvalue weighted by atomic mass is 10.2. The van der Waals surface area contributed by atoms with E-state index in [1.54, 1.807) is 18.3 Å². The molecule has 0 saturated carbocycles. The van der Waals surface area contributed by atoms with E-state index in [1.807, 2.05) is 19.1 Å². The first-order valence-electron chi connectivity index (χ1n) is 7.27. The lowest BCUT2D eigenvalue weighted by Crippen LogP contribution is -2.01. The number of methoxy groups -OCH3 is 1. The van der Waals surface area contributed by atoms with Crippen LogP contribution in [0.5, 0.6) is 17.2 Å². The van der Waals surface area contributed by atoms with E-state index in [1.165, 1.54) is 25.3 Å². The summed E-state index contributed by atoms with van der Waals surface area (Å²) in [5.74, 6) is 1.08. The number of aryl methyl sites for hydroxylation is 1. The number of aromatic amines is 1. The quantitative estimate of drug-likeness (QED) is 0.715. The third-order valence-corrected chi connectivity index (χ3v) is 3.38. The Morgan fingerprint density at radius 1 is 1.12 bits per heavy atom. The first-order chi connectivity index (χ1) is 11.5. The second-order valence-corrected chi connectivity index (χ2v) is 5.25. The maximum absolute atomic E-state index is 11.6. The van der Waals surface area contributed by atoms with Crippen LogP contribution in [0.25, 0.3) is 11.4 Å². The smallest absolute Gasteiger partial charge is 0.338 e. The molecule has 0 aliphatic carbocycles. The zero-order chi connectivity index (χ0) is 17.1. The number of rotatable bonds is 4. The molecule has 0 bridgehead atoms. The number of H-pyrrole nitrogens is 1. The maximum atomic E-state index is 11.6. The van der Waals surface area contributed by atoms with Crippen molar-refractivity contribution in [1.29, 1.82) is 0 Å². The monoisotopic (exact) mass is 324 g/mol. The van der Waals surface area contributed by atoms with Crippen molar-refractivity contribution >= 4 is 5.97 Å². The minimum atomic E-state index is -0.542. The van der Waals surface area contributed by atoms with Crippen molar-refractivity contribution in [1.82, 2.24) is 9.97 Å². The zero-order valence-electron chi connectivity index (χ0n) is 13.2. The summed E-state index contributed by atoms with van der Waals surface area (Å²) in [5, 5.41) is 9.71. The fraction of sp³-hybridized carbons (Fsp3) is 0.111. The van der Waals surface area contributed by atoms with Gasteiger partial charge in [0.25, 0.3) is 0 Å². The van der Waals surface area contributed by atoms with Gasteiger partial charge < -0.3 is 19.6 Å². The molecule has 0 atom stereocenters. The summed E-state index contributed by atoms with van der Waals surface area (Å²) in [5.41, 5.74) is 2.14. The molecule has 0 spiro atoms. The molecule has 0 radical (unpaired) electrons. The number of carbonyl (C=O) groups is 1. The van der Waals surface area contributed by atoms with E-state index < -0.39 is 5.97 Å². The van der Waals surface area contributed by atoms with Crippen LogP contribution in [0.2, 0.25) is 0 Å². The van der Waals surface area contributed by atoms with Crippen molar-refractivity contribution in [2.75, 3.05) is 7.11 Å². The Bertz CT molecular complexity index is 869. The molecule has 0 unspecified atom stereocenters. The van der Waals surface area contributed by atoms with Crippen molar-refractivity contribution in [3.05, 3.63) is 59.9 Å². The Balaban J connectivity index is 1.81. The highest BCUT2D eigenvalue weighted by molar-refractivity contribution is 5.90. The number of imidazole rings is 1. The second kappa shape index (κ2) is 6.45. The Kier molecular flexibility index (Phi) is 4.20. The lowest BCUT2D eigenvalue weighted by molar-refractivity contribution is 0.0600. The largest absolute Gasteiger partial charge is 0.508 e. The number of nitrogens with one attached hydrogen (secondary N) is 1. The summed E-state index contributed by atoms with van der Waals surface area (Å²) in [6.45, 7) is 1.94. The molecular formula is C18H16N2O4. The molecule has 6 heteroatoms. The topological polar surface area (TPSA) is 84.4 Å². The predicted octanol–water partition coefficient (Wildman–Crippen LogP) is 3.67. The zero-order valence-corrected chi connectivity index (χ0v) is 13.2. The summed E-state index contributed by atoms with van der Waals surface area (Å²) < 4.78 is 10.3. The lowest BCUT2D eigenvalue weighted by Gasteiger charge is -2.08. The molecular weight excluding hydrogens is 308 g/mol. The highest BCUT2D eigenvalue weighted by Gasteiger charge is 2.10. The molecule has 0 aliphatic rings. The molecule has 3 rings (SSSR count). The number of aromatic hydroxyl groups is 1. The summed E-state index contributed by atoms with van der Waals surface area (Å²) >= 11 is 0. The van der Waals surface area contributed by atoms with Gasteiger partial charge in [-0.15, -0.1) is 0 Å². The Morgan fingerprint density at radius 2 is 1.88 bits per heavy atom. The minimum Gasteiger partial charge on any atom is -0.508 e. The van der Waals surface area contributed by atoms with E-state index in [-0.39, 0.29) is 11.3 Å². The number of hydrogen-bond acceptors (Lipinski definition) is 5. The molecule has 0 fully saturated rings. The summed E-state index contributed by atoms with van der Waals surface area (Å²) in [6.07, 6.45) is 1.76. The van der Waals surface area contributed by atoms with Crippen molar-refractivity contribution < 1.29 is 19.4 Å². The van der Waals surface area contributed by atoms with E-state index in [9.17, 15) is 9.90 Å². The van der Waals surface area contributed by atoms with E-state index in [0.29, 0.717) is 11.5 Å². The van der Waals surface area contributed by atoms with E-state index in [2.05, 4.69) is 14.7 Å². The van der Waals surface area contributed by atoms with Crippen LogP contribution < -0.4 is 4.74 Å². The predicted molar refractivity (Wildman–Crippen MR) is 88.3 cm³/mol. The molecule has 0 aliphatic heterocycles. The molecule has 1 heterocycles. The number of nitrogens with zero attached hydrogens (tertiary/aromatic N) is 1. The first kappa shape index (κ1) is 15.6. The molecule has 2 aromatic carbocycles. The van der Waals surface area contributed by atoms with Crippen molar-refractivity contribution in [2.45, 2.75) is 6.92 Å². The van der Waals surface area contributed by atoms with Gasteiger partial charge in [0, 0.05) is 23.5 Å². The fourth-order valence-corrected chi connectivity index (χ4v) is 2.25. The van der Waals surface area contributed by atoms with Crippen molar-refractivity contribution in [3.63, 3.8) is 0 Å². The molecule has 3 aromatic rings. The average Bonchev–Trinajstić information content (AvgIpc) is 3.00. The number of esters is 1. The summed E-state index contributed by atoms with van der Waals surface area (Å²) in [4.78, 5) is 19.0. The van der Waals surface area contributed by atoms with Crippen LogP contribution in [0.3, 0.4) is 0 Å². The van der Waals surface area contributed by atoms with Gasteiger partial charge in [-0.25, -0.2) is 9.78 Å². The number of carbonyl (C=O) groups excluding carboxylic acids is 1. The van der Waals surface area contributed by atoms with Gasteiger partial charge in [-0.3, -0.25) is 0 Å². The second-order valence-electron chi connectivity index (χ2n) is 5.25. The third-order valence-electron chi connectivity index (χ3n) is 3.38. The number of ether oxygens (including phenoxy) is 2. The Morgan fingerprint density at radius 3 is 2.50 bits per heavy atom. The third kappa shape index (κ3) is 3.38. The van der Waals surface area contributed by atoms with E-state index in [0.717, 1.165) is 17.1 Å². The summed E-state index contributed by atoms with van der Waals surface area (Å²) in [7, 11) is 1.28. The Hall–Kier alpha value is -3.28. The van der Waals surface area contributed by atoms with E-state index in [4.69, 9.17) is 4.74 Å². The molecule has 6 nitrogen and oxygen atoms in total. The van der Waals surface area contributed by atoms with Gasteiger partial charge in [0.2, 0.25) is 0 Å². The van der Waals surface area contributed by atoms with Gasteiger partial charge in [-0.2, -0.15) is 0 Å². The molecule has 122 valence electrons. The average molecular weight is 324 g/mol. The van der Waals surface area contributed by atoms with Crippen LogP contribution in [0.1, 0.15) is 16.1 Å². The molecule has 0 amide bonds. The number of phenols is 1. The van der Waals surface area contributed by atoms with Crippen LogP contribution in [0.15, 0.2) is 48.7 Å². The van der Waals surface area contributed by atoms with E-state index >= 15 is 0 Å². The standard InChI is InChI=1S/C18H16N2O4/c1-11-10-19-17(20-11)12-3-5-15(6-4-12)24-16-8-13(18(22)23-2)7-14(21)9-16/h3-10,21H,1-2H3,(H,19,20). The van der Waals surface area contributed by atoms with Gasteiger partial charge in [-0.1, -0.05) is 0 Å². The van der Waals surface area contributed by atoms with Crippen molar-refractivity contribution in [2.24, 2.45) is 0 Å². The normalized spacial score (nSPS) is 10.4. The molecule has 0 saturated heterocycles. The molecule has 2 N–H and O–H groups in total. The van der Waals surface area contributed by atoms with Gasteiger partial charge in [-0.05, 0) is 43.3 Å². The number of hydrogen-bond donors (Lipinski definition) is 2. The number of aromatic nitrogens is 2. The van der Waals surface area contributed by atoms with Gasteiger partial charge in [0.15, 0.2) is 0 Å². The summed E-state index contributed by atoms with van der Waals surface area (Å²) in [6, 6.07) is 11.6. The fourth-order valence-electron chi connectivity index (χ4n) is 2.25. The highest BCUT2D eigenvalue weighted by atomic mass is 16.5. The molecule has 24 heavy (non-hydrogen) atoms. The van der Waals surface area contributed by atoms with Crippen molar-refractivity contribution in [3.8, 4) is 28.6 Å². The highest BCUT2D eigenvalue weighted by Crippen LogP contribution is 2.28. The van der Waals surface area contributed by atoms with Crippen LogP contribution in [0, 0.1) is 6.92 Å².